The highest BCUT2D eigenvalue weighted by molar-refractivity contribution is 6.31. The molecule has 0 spiro atoms. The van der Waals surface area contributed by atoms with Crippen LogP contribution in [-0.4, -0.2) is 30.5 Å². The van der Waals surface area contributed by atoms with E-state index in [0.717, 1.165) is 37.5 Å². The SMILES string of the molecule is CCN(CC)C(N)=NCCCc1ccccc1Cl. The molecule has 1 rings (SSSR count). The van der Waals surface area contributed by atoms with Crippen LogP contribution >= 0.6 is 11.6 Å². The molecule has 0 aliphatic rings. The third kappa shape index (κ3) is 4.57. The lowest BCUT2D eigenvalue weighted by molar-refractivity contribution is 0.458. The maximum absolute atomic E-state index is 6.09. The molecule has 4 heteroatoms. The maximum Gasteiger partial charge on any atom is 0.191 e. The van der Waals surface area contributed by atoms with E-state index in [1.165, 1.54) is 5.56 Å². The topological polar surface area (TPSA) is 41.6 Å². The summed E-state index contributed by atoms with van der Waals surface area (Å²) in [6, 6.07) is 7.93. The quantitative estimate of drug-likeness (QED) is 0.489. The van der Waals surface area contributed by atoms with Crippen molar-refractivity contribution in [1.29, 1.82) is 0 Å². The molecule has 0 aliphatic heterocycles. The fraction of sp³-hybridized carbons (Fsp3) is 0.500. The second-order valence-electron chi connectivity index (χ2n) is 4.11. The van der Waals surface area contributed by atoms with Crippen LogP contribution in [0.4, 0.5) is 0 Å². The Morgan fingerprint density at radius 3 is 2.56 bits per heavy atom. The second-order valence-corrected chi connectivity index (χ2v) is 4.51. The number of rotatable bonds is 6. The Bertz CT molecular complexity index is 386. The Kier molecular flexibility index (Phi) is 6.58. The van der Waals surface area contributed by atoms with Gasteiger partial charge >= 0.3 is 0 Å². The van der Waals surface area contributed by atoms with Crippen LogP contribution in [0.25, 0.3) is 0 Å². The maximum atomic E-state index is 6.09. The summed E-state index contributed by atoms with van der Waals surface area (Å²) >= 11 is 6.09. The lowest BCUT2D eigenvalue weighted by Gasteiger charge is -2.19. The summed E-state index contributed by atoms with van der Waals surface area (Å²) in [4.78, 5) is 6.44. The fourth-order valence-corrected chi connectivity index (χ4v) is 2.04. The van der Waals surface area contributed by atoms with Crippen LogP contribution in [0.5, 0.6) is 0 Å². The van der Waals surface area contributed by atoms with E-state index in [9.17, 15) is 0 Å². The average Bonchev–Trinajstić information content (AvgIpc) is 2.38. The van der Waals surface area contributed by atoms with Gasteiger partial charge in [-0.2, -0.15) is 0 Å². The fourth-order valence-electron chi connectivity index (χ4n) is 1.81. The lowest BCUT2D eigenvalue weighted by Crippen LogP contribution is -2.37. The molecule has 3 nitrogen and oxygen atoms in total. The van der Waals surface area contributed by atoms with E-state index in [0.29, 0.717) is 5.96 Å². The van der Waals surface area contributed by atoms with Gasteiger partial charge in [-0.15, -0.1) is 0 Å². The molecular weight excluding hydrogens is 246 g/mol. The van der Waals surface area contributed by atoms with Gasteiger partial charge in [0.25, 0.3) is 0 Å². The van der Waals surface area contributed by atoms with Gasteiger partial charge in [0.1, 0.15) is 0 Å². The second kappa shape index (κ2) is 7.98. The van der Waals surface area contributed by atoms with Gasteiger partial charge in [-0.3, -0.25) is 4.99 Å². The van der Waals surface area contributed by atoms with Crippen LogP contribution in [-0.2, 0) is 6.42 Å². The van der Waals surface area contributed by atoms with Gasteiger partial charge in [0.15, 0.2) is 5.96 Å². The minimum absolute atomic E-state index is 0.638. The molecule has 1 aromatic carbocycles. The first-order valence-electron chi connectivity index (χ1n) is 6.47. The molecule has 100 valence electrons. The highest BCUT2D eigenvalue weighted by Gasteiger charge is 2.02. The van der Waals surface area contributed by atoms with Crippen LogP contribution in [0.2, 0.25) is 5.02 Å². The van der Waals surface area contributed by atoms with E-state index >= 15 is 0 Å². The van der Waals surface area contributed by atoms with E-state index in [2.05, 4.69) is 29.8 Å². The Morgan fingerprint density at radius 2 is 1.94 bits per heavy atom. The molecule has 0 aromatic heterocycles. The van der Waals surface area contributed by atoms with Crippen LogP contribution < -0.4 is 5.73 Å². The molecule has 1 aromatic rings. The van der Waals surface area contributed by atoms with Gasteiger partial charge in [-0.25, -0.2) is 0 Å². The van der Waals surface area contributed by atoms with Gasteiger partial charge in [0, 0.05) is 24.7 Å². The molecule has 0 heterocycles. The molecule has 0 unspecified atom stereocenters. The van der Waals surface area contributed by atoms with Crippen molar-refractivity contribution in [3.05, 3.63) is 34.9 Å². The number of nitrogens with zero attached hydrogens (tertiary/aromatic N) is 2. The molecule has 0 fully saturated rings. The zero-order chi connectivity index (χ0) is 13.4. The zero-order valence-electron chi connectivity index (χ0n) is 11.2. The number of hydrogen-bond acceptors (Lipinski definition) is 1. The van der Waals surface area contributed by atoms with Crippen LogP contribution in [0.15, 0.2) is 29.3 Å². The van der Waals surface area contributed by atoms with Crippen molar-refractivity contribution in [3.8, 4) is 0 Å². The summed E-state index contributed by atoms with van der Waals surface area (Å²) in [6.07, 6.45) is 1.90. The van der Waals surface area contributed by atoms with Crippen molar-refractivity contribution in [1.82, 2.24) is 4.90 Å². The predicted molar refractivity (Wildman–Crippen MR) is 79.2 cm³/mol. The Hall–Kier alpha value is -1.22. The number of guanidine groups is 1. The summed E-state index contributed by atoms with van der Waals surface area (Å²) in [5.41, 5.74) is 7.07. The summed E-state index contributed by atoms with van der Waals surface area (Å²) in [5.74, 6) is 0.638. The Labute approximate surface area is 115 Å². The molecule has 0 bridgehead atoms. The number of halogens is 1. The number of aryl methyl sites for hydroxylation is 1. The van der Waals surface area contributed by atoms with Crippen molar-refractivity contribution < 1.29 is 0 Å². The van der Waals surface area contributed by atoms with Crippen LogP contribution in [0.3, 0.4) is 0 Å². The Morgan fingerprint density at radius 1 is 1.28 bits per heavy atom. The molecule has 0 amide bonds. The van der Waals surface area contributed by atoms with Crippen molar-refractivity contribution in [3.63, 3.8) is 0 Å². The zero-order valence-corrected chi connectivity index (χ0v) is 12.0. The number of hydrogen-bond donors (Lipinski definition) is 1. The smallest absolute Gasteiger partial charge is 0.191 e. The molecule has 0 saturated carbocycles. The van der Waals surface area contributed by atoms with E-state index in [-0.39, 0.29) is 0 Å². The number of benzene rings is 1. The number of nitrogens with two attached hydrogens (primary N) is 1. The van der Waals surface area contributed by atoms with Crippen molar-refractivity contribution in [2.75, 3.05) is 19.6 Å². The molecule has 18 heavy (non-hydrogen) atoms. The Balaban J connectivity index is 2.39. The van der Waals surface area contributed by atoms with Gasteiger partial charge < -0.3 is 10.6 Å². The van der Waals surface area contributed by atoms with Crippen LogP contribution in [0.1, 0.15) is 25.8 Å². The summed E-state index contributed by atoms with van der Waals surface area (Å²) in [7, 11) is 0. The first kappa shape index (κ1) is 14.8. The third-order valence-corrected chi connectivity index (χ3v) is 3.29. The van der Waals surface area contributed by atoms with Gasteiger partial charge in [0.05, 0.1) is 0 Å². The highest BCUT2D eigenvalue weighted by Crippen LogP contribution is 2.16. The summed E-state index contributed by atoms with van der Waals surface area (Å²) in [6.45, 7) is 6.70. The highest BCUT2D eigenvalue weighted by atomic mass is 35.5. The largest absolute Gasteiger partial charge is 0.370 e. The van der Waals surface area contributed by atoms with Crippen LogP contribution in [0, 0.1) is 0 Å². The van der Waals surface area contributed by atoms with Gasteiger partial charge in [-0.05, 0) is 38.3 Å². The summed E-state index contributed by atoms with van der Waals surface area (Å²) in [5, 5.41) is 0.832. The first-order valence-corrected chi connectivity index (χ1v) is 6.85. The summed E-state index contributed by atoms with van der Waals surface area (Å²) < 4.78 is 0. The molecule has 0 aliphatic carbocycles. The van der Waals surface area contributed by atoms with Crippen molar-refractivity contribution in [2.45, 2.75) is 26.7 Å². The number of aliphatic imine (C=N–C) groups is 1. The van der Waals surface area contributed by atoms with E-state index < -0.39 is 0 Å². The monoisotopic (exact) mass is 267 g/mol. The van der Waals surface area contributed by atoms with Gasteiger partial charge in [0.2, 0.25) is 0 Å². The molecule has 0 radical (unpaired) electrons. The predicted octanol–water partition coefficient (Wildman–Crippen LogP) is 2.93. The normalized spacial score (nSPS) is 11.6. The van der Waals surface area contributed by atoms with E-state index in [4.69, 9.17) is 17.3 Å². The minimum Gasteiger partial charge on any atom is -0.370 e. The van der Waals surface area contributed by atoms with Crippen molar-refractivity contribution in [2.24, 2.45) is 10.7 Å². The van der Waals surface area contributed by atoms with E-state index in [1.54, 1.807) is 0 Å². The molecule has 0 saturated heterocycles. The van der Waals surface area contributed by atoms with Crippen molar-refractivity contribution >= 4 is 17.6 Å². The van der Waals surface area contributed by atoms with Gasteiger partial charge in [-0.1, -0.05) is 29.8 Å². The molecular formula is C14H22ClN3. The molecule has 2 N–H and O–H groups in total. The molecule has 0 atom stereocenters. The minimum atomic E-state index is 0.638. The van der Waals surface area contributed by atoms with E-state index in [1.807, 2.05) is 18.2 Å². The third-order valence-electron chi connectivity index (χ3n) is 2.92. The first-order chi connectivity index (χ1) is 8.69. The average molecular weight is 268 g/mol. The standard InChI is InChI=1S/C14H22ClN3/c1-3-18(4-2)14(16)17-11-7-9-12-8-5-6-10-13(12)15/h5-6,8,10H,3-4,7,9,11H2,1-2H3,(H2,16,17). The lowest BCUT2D eigenvalue weighted by atomic mass is 10.1.